The van der Waals surface area contributed by atoms with Gasteiger partial charge in [-0.3, -0.25) is 4.99 Å². The number of aliphatic imine (C=N–C) groups is 1. The summed E-state index contributed by atoms with van der Waals surface area (Å²) in [5.74, 6) is 0. The average Bonchev–Trinajstić information content (AvgIpc) is 2.29. The molecule has 0 aliphatic carbocycles. The van der Waals surface area contributed by atoms with Gasteiger partial charge in [-0.2, -0.15) is 0 Å². The van der Waals surface area contributed by atoms with Crippen LogP contribution >= 0.6 is 23.2 Å². The van der Waals surface area contributed by atoms with Crippen LogP contribution in [0.2, 0.25) is 10.0 Å². The van der Waals surface area contributed by atoms with Gasteiger partial charge in [-0.05, 0) is 18.2 Å². The van der Waals surface area contributed by atoms with Crippen LogP contribution in [-0.2, 0) is 9.47 Å². The Morgan fingerprint density at radius 3 is 2.62 bits per heavy atom. The molecule has 0 amide bonds. The lowest BCUT2D eigenvalue weighted by atomic mass is 10.2. The SMILES string of the molecule is COC(CN=Cc1cc(Cl)ccc1Cl)OC. The van der Waals surface area contributed by atoms with Crippen molar-refractivity contribution in [2.24, 2.45) is 4.99 Å². The summed E-state index contributed by atoms with van der Waals surface area (Å²) in [4.78, 5) is 4.17. The minimum atomic E-state index is -0.339. The Balaban J connectivity index is 2.65. The Bertz CT molecular complexity index is 365. The minimum Gasteiger partial charge on any atom is -0.354 e. The van der Waals surface area contributed by atoms with Gasteiger partial charge in [0.1, 0.15) is 0 Å². The van der Waals surface area contributed by atoms with Gasteiger partial charge in [0, 0.05) is 36.0 Å². The maximum atomic E-state index is 5.97. The van der Waals surface area contributed by atoms with Crippen LogP contribution in [0.1, 0.15) is 5.56 Å². The molecule has 0 heterocycles. The number of hydrogen-bond donors (Lipinski definition) is 0. The van der Waals surface area contributed by atoms with E-state index in [0.717, 1.165) is 5.56 Å². The molecule has 1 aromatic rings. The third-order valence-electron chi connectivity index (χ3n) is 1.97. The molecule has 0 bridgehead atoms. The lowest BCUT2D eigenvalue weighted by Gasteiger charge is -2.09. The van der Waals surface area contributed by atoms with Crippen molar-refractivity contribution in [3.63, 3.8) is 0 Å². The molecule has 1 aromatic carbocycles. The molecule has 0 aromatic heterocycles. The predicted octanol–water partition coefficient (Wildman–Crippen LogP) is 3.03. The molecule has 0 spiro atoms. The number of rotatable bonds is 5. The Hall–Kier alpha value is -0.610. The number of nitrogens with zero attached hydrogens (tertiary/aromatic N) is 1. The minimum absolute atomic E-state index is 0.339. The molecule has 0 radical (unpaired) electrons. The van der Waals surface area contributed by atoms with E-state index in [4.69, 9.17) is 32.7 Å². The first-order valence-electron chi connectivity index (χ1n) is 4.68. The van der Waals surface area contributed by atoms with E-state index < -0.39 is 0 Å². The lowest BCUT2D eigenvalue weighted by molar-refractivity contribution is -0.0936. The highest BCUT2D eigenvalue weighted by Crippen LogP contribution is 2.18. The van der Waals surface area contributed by atoms with Crippen LogP contribution in [0, 0.1) is 0 Å². The van der Waals surface area contributed by atoms with Gasteiger partial charge in [0.25, 0.3) is 0 Å². The smallest absolute Gasteiger partial charge is 0.176 e. The first-order valence-corrected chi connectivity index (χ1v) is 5.43. The molecule has 0 fully saturated rings. The van der Waals surface area contributed by atoms with E-state index in [2.05, 4.69) is 4.99 Å². The van der Waals surface area contributed by atoms with Crippen molar-refractivity contribution in [3.8, 4) is 0 Å². The molecule has 16 heavy (non-hydrogen) atoms. The summed E-state index contributed by atoms with van der Waals surface area (Å²) < 4.78 is 9.99. The molecular formula is C11H13Cl2NO2. The van der Waals surface area contributed by atoms with Gasteiger partial charge < -0.3 is 9.47 Å². The molecule has 0 unspecified atom stereocenters. The number of methoxy groups -OCH3 is 2. The van der Waals surface area contributed by atoms with E-state index in [1.165, 1.54) is 0 Å². The van der Waals surface area contributed by atoms with Crippen molar-refractivity contribution in [1.29, 1.82) is 0 Å². The van der Waals surface area contributed by atoms with Crippen molar-refractivity contribution in [1.82, 2.24) is 0 Å². The van der Waals surface area contributed by atoms with Gasteiger partial charge in [0.2, 0.25) is 0 Å². The third-order valence-corrected chi connectivity index (χ3v) is 2.55. The van der Waals surface area contributed by atoms with Gasteiger partial charge >= 0.3 is 0 Å². The molecule has 0 aliphatic heterocycles. The molecule has 0 atom stereocenters. The number of ether oxygens (including phenoxy) is 2. The van der Waals surface area contributed by atoms with E-state index in [1.54, 1.807) is 38.6 Å². The molecule has 1 rings (SSSR count). The first-order chi connectivity index (χ1) is 7.67. The zero-order valence-corrected chi connectivity index (χ0v) is 10.6. The van der Waals surface area contributed by atoms with E-state index in [9.17, 15) is 0 Å². The van der Waals surface area contributed by atoms with Crippen LogP contribution in [0.5, 0.6) is 0 Å². The van der Waals surface area contributed by atoms with Gasteiger partial charge in [0.15, 0.2) is 6.29 Å². The van der Waals surface area contributed by atoms with Gasteiger partial charge in [-0.1, -0.05) is 23.2 Å². The van der Waals surface area contributed by atoms with Crippen molar-refractivity contribution >= 4 is 29.4 Å². The van der Waals surface area contributed by atoms with Crippen LogP contribution in [-0.4, -0.2) is 33.3 Å². The maximum absolute atomic E-state index is 5.97. The van der Waals surface area contributed by atoms with Crippen LogP contribution in [0.15, 0.2) is 23.2 Å². The van der Waals surface area contributed by atoms with E-state index in [0.29, 0.717) is 16.6 Å². The third kappa shape index (κ3) is 4.10. The molecule has 88 valence electrons. The monoisotopic (exact) mass is 261 g/mol. The summed E-state index contributed by atoms with van der Waals surface area (Å²) in [6, 6.07) is 5.21. The fourth-order valence-corrected chi connectivity index (χ4v) is 1.44. The molecule has 0 N–H and O–H groups in total. The van der Waals surface area contributed by atoms with Gasteiger partial charge in [0.05, 0.1) is 6.54 Å². The molecule has 0 saturated carbocycles. The van der Waals surface area contributed by atoms with E-state index >= 15 is 0 Å². The van der Waals surface area contributed by atoms with Crippen molar-refractivity contribution < 1.29 is 9.47 Å². The van der Waals surface area contributed by atoms with Crippen LogP contribution < -0.4 is 0 Å². The van der Waals surface area contributed by atoms with Crippen molar-refractivity contribution in [3.05, 3.63) is 33.8 Å². The highest BCUT2D eigenvalue weighted by molar-refractivity contribution is 6.35. The predicted molar refractivity (Wildman–Crippen MR) is 66.7 cm³/mol. The second kappa shape index (κ2) is 6.86. The Morgan fingerprint density at radius 1 is 1.31 bits per heavy atom. The Morgan fingerprint density at radius 2 is 2.00 bits per heavy atom. The molecular weight excluding hydrogens is 249 g/mol. The van der Waals surface area contributed by atoms with E-state index in [-0.39, 0.29) is 6.29 Å². The molecule has 5 heteroatoms. The number of hydrogen-bond acceptors (Lipinski definition) is 3. The fourth-order valence-electron chi connectivity index (χ4n) is 1.10. The standard InChI is InChI=1S/C11H13Cl2NO2/c1-15-11(16-2)7-14-6-8-5-9(12)3-4-10(8)13/h3-6,11H,7H2,1-2H3. The fraction of sp³-hybridized carbons (Fsp3) is 0.364. The van der Waals surface area contributed by atoms with Gasteiger partial charge in [-0.15, -0.1) is 0 Å². The molecule has 0 saturated heterocycles. The number of benzene rings is 1. The topological polar surface area (TPSA) is 30.8 Å². The van der Waals surface area contributed by atoms with Crippen LogP contribution in [0.25, 0.3) is 0 Å². The summed E-state index contributed by atoms with van der Waals surface area (Å²) >= 11 is 11.8. The highest BCUT2D eigenvalue weighted by Gasteiger charge is 2.02. The summed E-state index contributed by atoms with van der Waals surface area (Å²) in [5, 5.41) is 1.24. The summed E-state index contributed by atoms with van der Waals surface area (Å²) in [5.41, 5.74) is 0.778. The van der Waals surface area contributed by atoms with E-state index in [1.807, 2.05) is 0 Å². The quantitative estimate of drug-likeness (QED) is 0.603. The summed E-state index contributed by atoms with van der Waals surface area (Å²) in [6.45, 7) is 0.413. The summed E-state index contributed by atoms with van der Waals surface area (Å²) in [7, 11) is 3.13. The normalized spacial score (nSPS) is 11.6. The second-order valence-corrected chi connectivity index (χ2v) is 3.90. The number of halogens is 2. The first kappa shape index (κ1) is 13.5. The van der Waals surface area contributed by atoms with Crippen LogP contribution in [0.4, 0.5) is 0 Å². The zero-order chi connectivity index (χ0) is 12.0. The maximum Gasteiger partial charge on any atom is 0.176 e. The van der Waals surface area contributed by atoms with Crippen molar-refractivity contribution in [2.45, 2.75) is 6.29 Å². The highest BCUT2D eigenvalue weighted by atomic mass is 35.5. The van der Waals surface area contributed by atoms with Crippen molar-refractivity contribution in [2.75, 3.05) is 20.8 Å². The second-order valence-electron chi connectivity index (χ2n) is 3.06. The zero-order valence-electron chi connectivity index (χ0n) is 9.11. The Labute approximate surface area is 105 Å². The molecule has 0 aliphatic rings. The summed E-state index contributed by atoms with van der Waals surface area (Å²) in [6.07, 6.45) is 1.31. The molecule has 3 nitrogen and oxygen atoms in total. The Kier molecular flexibility index (Phi) is 5.77. The lowest BCUT2D eigenvalue weighted by Crippen LogP contribution is -2.16. The largest absolute Gasteiger partial charge is 0.354 e. The van der Waals surface area contributed by atoms with Crippen LogP contribution in [0.3, 0.4) is 0 Å². The average molecular weight is 262 g/mol. The van der Waals surface area contributed by atoms with Gasteiger partial charge in [-0.25, -0.2) is 0 Å².